The van der Waals surface area contributed by atoms with Gasteiger partial charge in [0.1, 0.15) is 19.8 Å². The molecule has 0 amide bonds. The van der Waals surface area contributed by atoms with Gasteiger partial charge in [0, 0.05) is 12.8 Å². The summed E-state index contributed by atoms with van der Waals surface area (Å²) in [6, 6.07) is 0. The van der Waals surface area contributed by atoms with Crippen molar-refractivity contribution in [3.05, 3.63) is 36.5 Å². The zero-order chi connectivity index (χ0) is 36.5. The van der Waals surface area contributed by atoms with Gasteiger partial charge in [-0.2, -0.15) is 0 Å². The fourth-order valence-electron chi connectivity index (χ4n) is 4.90. The Kier molecular flexibility index (Phi) is 31.0. The Balaban J connectivity index is 4.44. The van der Waals surface area contributed by atoms with Gasteiger partial charge in [-0.1, -0.05) is 127 Å². The topological polar surface area (TPSA) is 111 Å². The van der Waals surface area contributed by atoms with Gasteiger partial charge in [0.15, 0.2) is 6.10 Å². The summed E-state index contributed by atoms with van der Waals surface area (Å²) in [4.78, 5) is 37.3. The molecule has 0 aromatic rings. The number of nitrogens with zero attached hydrogens (tertiary/aromatic N) is 1. The number of hydrogen-bond donors (Lipinski definition) is 0. The number of unbranched alkanes of at least 4 members (excludes halogenated alkanes) is 14. The van der Waals surface area contributed by atoms with Gasteiger partial charge in [-0.05, 0) is 44.9 Å². The molecule has 0 aliphatic heterocycles. The fraction of sp³-hybridized carbons (Fsp3) is 0.795. The van der Waals surface area contributed by atoms with E-state index in [1.54, 1.807) is 0 Å². The van der Waals surface area contributed by atoms with Crippen LogP contribution in [0, 0.1) is 0 Å². The highest BCUT2D eigenvalue weighted by atomic mass is 31.2. The van der Waals surface area contributed by atoms with E-state index in [-0.39, 0.29) is 26.1 Å². The normalized spacial score (nSPS) is 14.2. The highest BCUT2D eigenvalue weighted by Gasteiger charge is 2.21. The van der Waals surface area contributed by atoms with Gasteiger partial charge in [0.05, 0.1) is 27.7 Å². The van der Waals surface area contributed by atoms with E-state index >= 15 is 0 Å². The van der Waals surface area contributed by atoms with Crippen LogP contribution in [0.2, 0.25) is 0 Å². The first-order valence-electron chi connectivity index (χ1n) is 19.2. The fourth-order valence-corrected chi connectivity index (χ4v) is 5.63. The van der Waals surface area contributed by atoms with Crippen LogP contribution in [-0.2, 0) is 32.7 Å². The number of rotatable bonds is 34. The van der Waals surface area contributed by atoms with Crippen LogP contribution in [0.5, 0.6) is 0 Å². The van der Waals surface area contributed by atoms with E-state index in [1.165, 1.54) is 38.5 Å². The monoisotopic (exact) mass is 713 g/mol. The van der Waals surface area contributed by atoms with Crippen LogP contribution in [-0.4, -0.2) is 70.0 Å². The molecular formula is C39H72NO8P. The van der Waals surface area contributed by atoms with Crippen LogP contribution in [0.25, 0.3) is 0 Å². The summed E-state index contributed by atoms with van der Waals surface area (Å²) in [5.41, 5.74) is 0. The van der Waals surface area contributed by atoms with Crippen LogP contribution in [0.4, 0.5) is 0 Å². The zero-order valence-electron chi connectivity index (χ0n) is 31.9. The van der Waals surface area contributed by atoms with Gasteiger partial charge in [-0.15, -0.1) is 0 Å². The molecule has 0 spiro atoms. The van der Waals surface area contributed by atoms with Gasteiger partial charge in [0.25, 0.3) is 7.82 Å². The first kappa shape index (κ1) is 47.2. The zero-order valence-corrected chi connectivity index (χ0v) is 32.8. The summed E-state index contributed by atoms with van der Waals surface area (Å²) in [6.07, 6.45) is 33.2. The Hall–Kier alpha value is -1.77. The molecule has 0 saturated heterocycles. The summed E-state index contributed by atoms with van der Waals surface area (Å²) in [5.74, 6) is -0.858. The lowest BCUT2D eigenvalue weighted by Gasteiger charge is -2.28. The lowest BCUT2D eigenvalue weighted by atomic mass is 10.1. The predicted octanol–water partition coefficient (Wildman–Crippen LogP) is 9.55. The maximum Gasteiger partial charge on any atom is 0.306 e. The Morgan fingerprint density at radius 3 is 1.73 bits per heavy atom. The van der Waals surface area contributed by atoms with Gasteiger partial charge in [-0.3, -0.25) is 14.2 Å². The van der Waals surface area contributed by atoms with Crippen molar-refractivity contribution in [3.8, 4) is 0 Å². The quantitative estimate of drug-likeness (QED) is 0.0213. The van der Waals surface area contributed by atoms with E-state index in [0.717, 1.165) is 70.6 Å². The highest BCUT2D eigenvalue weighted by Crippen LogP contribution is 2.38. The third-order valence-electron chi connectivity index (χ3n) is 7.92. The van der Waals surface area contributed by atoms with Gasteiger partial charge < -0.3 is 27.9 Å². The summed E-state index contributed by atoms with van der Waals surface area (Å²) in [5, 5.41) is 0. The maximum atomic E-state index is 12.6. The third kappa shape index (κ3) is 35.8. The minimum atomic E-state index is -4.62. The first-order valence-corrected chi connectivity index (χ1v) is 20.7. The van der Waals surface area contributed by atoms with Crippen molar-refractivity contribution >= 4 is 19.8 Å². The molecule has 10 heteroatoms. The van der Waals surface area contributed by atoms with Crippen molar-refractivity contribution in [1.82, 2.24) is 0 Å². The van der Waals surface area contributed by atoms with Crippen molar-refractivity contribution in [2.75, 3.05) is 47.5 Å². The summed E-state index contributed by atoms with van der Waals surface area (Å²) >= 11 is 0. The Morgan fingerprint density at radius 1 is 0.653 bits per heavy atom. The van der Waals surface area contributed by atoms with Crippen molar-refractivity contribution in [3.63, 3.8) is 0 Å². The molecule has 0 fully saturated rings. The van der Waals surface area contributed by atoms with E-state index in [1.807, 2.05) is 21.1 Å². The van der Waals surface area contributed by atoms with E-state index in [2.05, 4.69) is 50.3 Å². The minimum Gasteiger partial charge on any atom is -0.756 e. The van der Waals surface area contributed by atoms with Gasteiger partial charge >= 0.3 is 11.9 Å². The average Bonchev–Trinajstić information content (AvgIpc) is 3.04. The number of phosphoric acid groups is 1. The molecule has 0 N–H and O–H groups in total. The second-order valence-corrected chi connectivity index (χ2v) is 15.3. The van der Waals surface area contributed by atoms with Crippen molar-refractivity contribution in [2.24, 2.45) is 0 Å². The van der Waals surface area contributed by atoms with E-state index < -0.39 is 32.5 Å². The van der Waals surface area contributed by atoms with Gasteiger partial charge in [0.2, 0.25) is 0 Å². The summed E-state index contributed by atoms with van der Waals surface area (Å²) < 4.78 is 33.7. The molecule has 49 heavy (non-hydrogen) atoms. The largest absolute Gasteiger partial charge is 0.756 e. The molecular weight excluding hydrogens is 641 g/mol. The lowest BCUT2D eigenvalue weighted by molar-refractivity contribution is -0.870. The van der Waals surface area contributed by atoms with Crippen molar-refractivity contribution in [2.45, 2.75) is 155 Å². The smallest absolute Gasteiger partial charge is 0.306 e. The number of ether oxygens (including phenoxy) is 2. The molecule has 0 heterocycles. The number of esters is 2. The molecule has 0 aliphatic rings. The molecule has 1 unspecified atom stereocenters. The molecule has 0 bridgehead atoms. The lowest BCUT2D eigenvalue weighted by Crippen LogP contribution is -2.37. The molecule has 0 aromatic heterocycles. The maximum absolute atomic E-state index is 12.6. The number of likely N-dealkylation sites (N-methyl/N-ethyl adjacent to an activating group) is 1. The SMILES string of the molecule is CC/C=C/C/C=C/C/C=C/CCCCCCCC(=O)OC[C@@H](COP(=O)([O-])OCC[N+](C)(C)C)OC(=O)CCCCCCCCCCCC. The predicted molar refractivity (Wildman–Crippen MR) is 199 cm³/mol. The number of quaternary nitrogens is 1. The number of carbonyl (C=O) groups excluding carboxylic acids is 2. The summed E-state index contributed by atoms with van der Waals surface area (Å²) in [6.45, 7) is 4.06. The van der Waals surface area contributed by atoms with Crippen LogP contribution >= 0.6 is 7.82 Å². The van der Waals surface area contributed by atoms with Crippen molar-refractivity contribution in [1.29, 1.82) is 0 Å². The number of allylic oxidation sites excluding steroid dienone is 6. The van der Waals surface area contributed by atoms with Crippen LogP contribution < -0.4 is 4.89 Å². The molecule has 0 aliphatic carbocycles. The standard InChI is InChI=1S/C39H72NO8P/c1-6-8-10-12-14-16-18-19-20-21-22-24-25-27-29-31-38(41)45-35-37(36-47-49(43,44)46-34-33-40(3,4)5)48-39(42)32-30-28-26-23-17-15-13-11-9-7-2/h8,10,14,16,19-20,37H,6-7,9,11-13,15,17-18,21-36H2,1-5H3/b10-8+,16-14+,20-19+/t37-/m0/s1. The van der Waals surface area contributed by atoms with E-state index in [9.17, 15) is 19.0 Å². The minimum absolute atomic E-state index is 0.0335. The third-order valence-corrected chi connectivity index (χ3v) is 8.89. The van der Waals surface area contributed by atoms with Crippen LogP contribution in [0.3, 0.4) is 0 Å². The number of phosphoric ester groups is 1. The van der Waals surface area contributed by atoms with E-state index in [4.69, 9.17) is 18.5 Å². The van der Waals surface area contributed by atoms with Gasteiger partial charge in [-0.25, -0.2) is 0 Å². The Morgan fingerprint density at radius 2 is 1.16 bits per heavy atom. The molecule has 0 rings (SSSR count). The second kappa shape index (κ2) is 32.2. The Bertz CT molecular complexity index is 944. The average molecular weight is 714 g/mol. The Labute approximate surface area is 300 Å². The second-order valence-electron chi connectivity index (χ2n) is 13.9. The van der Waals surface area contributed by atoms with Crippen molar-refractivity contribution < 1.29 is 42.1 Å². The summed E-state index contributed by atoms with van der Waals surface area (Å²) in [7, 11) is 1.15. The number of carbonyl (C=O) groups is 2. The molecule has 2 atom stereocenters. The van der Waals surface area contributed by atoms with E-state index in [0.29, 0.717) is 23.9 Å². The van der Waals surface area contributed by atoms with Crippen LogP contribution in [0.15, 0.2) is 36.5 Å². The molecule has 286 valence electrons. The number of hydrogen-bond acceptors (Lipinski definition) is 8. The highest BCUT2D eigenvalue weighted by molar-refractivity contribution is 7.45. The van der Waals surface area contributed by atoms with Crippen LogP contribution in [0.1, 0.15) is 149 Å². The molecule has 9 nitrogen and oxygen atoms in total. The first-order chi connectivity index (χ1) is 23.5. The molecule has 0 saturated carbocycles. The molecule has 0 radical (unpaired) electrons. The molecule has 0 aromatic carbocycles.